The van der Waals surface area contributed by atoms with Crippen molar-refractivity contribution >= 4 is 11.9 Å². The SMILES string of the molecule is CCNC(=NCc1cc2c(cc1OCC)CC(C)O2)NCC(=O)NCc1ccco1. The van der Waals surface area contributed by atoms with Crippen LogP contribution in [0, 0.1) is 0 Å². The predicted octanol–water partition coefficient (Wildman–Crippen LogP) is 2.37. The van der Waals surface area contributed by atoms with E-state index < -0.39 is 0 Å². The average molecular weight is 415 g/mol. The van der Waals surface area contributed by atoms with Gasteiger partial charge in [-0.05, 0) is 45.0 Å². The minimum absolute atomic E-state index is 0.107. The van der Waals surface area contributed by atoms with Gasteiger partial charge >= 0.3 is 0 Å². The number of rotatable bonds is 9. The van der Waals surface area contributed by atoms with Crippen LogP contribution < -0.4 is 25.4 Å². The second-order valence-corrected chi connectivity index (χ2v) is 7.04. The van der Waals surface area contributed by atoms with Crippen LogP contribution in [0.2, 0.25) is 0 Å². The molecule has 0 saturated carbocycles. The van der Waals surface area contributed by atoms with Gasteiger partial charge in [-0.3, -0.25) is 4.79 Å². The van der Waals surface area contributed by atoms with Gasteiger partial charge in [0.25, 0.3) is 0 Å². The fraction of sp³-hybridized carbons (Fsp3) is 0.455. The Bertz CT molecular complexity index is 864. The zero-order valence-electron chi connectivity index (χ0n) is 17.8. The number of amides is 1. The van der Waals surface area contributed by atoms with Gasteiger partial charge in [0.2, 0.25) is 5.91 Å². The van der Waals surface area contributed by atoms with Crippen molar-refractivity contribution in [2.75, 3.05) is 19.7 Å². The van der Waals surface area contributed by atoms with Gasteiger partial charge in [0.05, 0.1) is 32.5 Å². The molecular weight excluding hydrogens is 384 g/mol. The van der Waals surface area contributed by atoms with E-state index in [1.165, 1.54) is 0 Å². The first kappa shape index (κ1) is 21.5. The number of carbonyl (C=O) groups excluding carboxylic acids is 1. The third kappa shape index (κ3) is 5.92. The Morgan fingerprint density at radius 3 is 2.87 bits per heavy atom. The number of benzene rings is 1. The maximum Gasteiger partial charge on any atom is 0.239 e. The van der Waals surface area contributed by atoms with E-state index in [-0.39, 0.29) is 18.6 Å². The molecule has 1 aromatic carbocycles. The van der Waals surface area contributed by atoms with Gasteiger partial charge in [-0.15, -0.1) is 0 Å². The lowest BCUT2D eigenvalue weighted by Crippen LogP contribution is -2.43. The Morgan fingerprint density at radius 1 is 1.27 bits per heavy atom. The summed E-state index contributed by atoms with van der Waals surface area (Å²) in [5.41, 5.74) is 2.11. The van der Waals surface area contributed by atoms with Crippen molar-refractivity contribution in [3.8, 4) is 11.5 Å². The second-order valence-electron chi connectivity index (χ2n) is 7.04. The lowest BCUT2D eigenvalue weighted by molar-refractivity contribution is -0.120. The standard InChI is InChI=1S/C22H30N4O4/c1-4-23-22(26-14-21(27)24-13-18-7-6-8-29-18)25-12-17-11-20-16(9-15(3)30-20)10-19(17)28-5-2/h6-8,10-11,15H,4-5,9,12-14H2,1-3H3,(H,24,27)(H2,23,25,26). The van der Waals surface area contributed by atoms with Crippen LogP contribution in [0.15, 0.2) is 39.9 Å². The summed E-state index contributed by atoms with van der Waals surface area (Å²) in [6, 6.07) is 7.66. The van der Waals surface area contributed by atoms with E-state index in [1.54, 1.807) is 12.3 Å². The van der Waals surface area contributed by atoms with Gasteiger partial charge in [0, 0.05) is 24.1 Å². The summed E-state index contributed by atoms with van der Waals surface area (Å²) in [5.74, 6) is 2.84. The van der Waals surface area contributed by atoms with Gasteiger partial charge in [-0.25, -0.2) is 4.99 Å². The highest BCUT2D eigenvalue weighted by Crippen LogP contribution is 2.35. The number of guanidine groups is 1. The van der Waals surface area contributed by atoms with E-state index in [0.717, 1.165) is 29.0 Å². The number of hydrogen-bond donors (Lipinski definition) is 3. The zero-order valence-corrected chi connectivity index (χ0v) is 17.8. The number of hydrogen-bond acceptors (Lipinski definition) is 5. The topological polar surface area (TPSA) is 97.1 Å². The summed E-state index contributed by atoms with van der Waals surface area (Å²) in [5, 5.41) is 9.01. The lowest BCUT2D eigenvalue weighted by Gasteiger charge is -2.14. The summed E-state index contributed by atoms with van der Waals surface area (Å²) in [6.45, 7) is 8.13. The van der Waals surface area contributed by atoms with Crippen molar-refractivity contribution in [1.29, 1.82) is 0 Å². The number of ether oxygens (including phenoxy) is 2. The van der Waals surface area contributed by atoms with Gasteiger partial charge in [0.15, 0.2) is 5.96 Å². The molecule has 1 aromatic heterocycles. The van der Waals surface area contributed by atoms with Crippen molar-refractivity contribution in [1.82, 2.24) is 16.0 Å². The van der Waals surface area contributed by atoms with E-state index in [9.17, 15) is 4.79 Å². The first-order valence-electron chi connectivity index (χ1n) is 10.4. The molecule has 1 aliphatic rings. The van der Waals surface area contributed by atoms with Crippen LogP contribution in [-0.2, 0) is 24.3 Å². The fourth-order valence-corrected chi connectivity index (χ4v) is 3.23. The number of furan rings is 1. The van der Waals surface area contributed by atoms with Crippen LogP contribution in [0.5, 0.6) is 11.5 Å². The second kappa shape index (κ2) is 10.6. The van der Waals surface area contributed by atoms with Crippen LogP contribution in [-0.4, -0.2) is 37.7 Å². The molecule has 0 spiro atoms. The van der Waals surface area contributed by atoms with E-state index in [1.807, 2.05) is 26.0 Å². The van der Waals surface area contributed by atoms with Gasteiger partial charge < -0.3 is 29.8 Å². The van der Waals surface area contributed by atoms with Crippen molar-refractivity contribution in [2.24, 2.45) is 4.99 Å². The first-order valence-corrected chi connectivity index (χ1v) is 10.4. The molecule has 3 rings (SSSR count). The van der Waals surface area contributed by atoms with Crippen LogP contribution in [0.3, 0.4) is 0 Å². The van der Waals surface area contributed by atoms with E-state index in [2.05, 4.69) is 33.9 Å². The van der Waals surface area contributed by atoms with Gasteiger partial charge in [-0.1, -0.05) is 0 Å². The zero-order chi connectivity index (χ0) is 21.3. The molecule has 1 aliphatic heterocycles. The molecule has 2 heterocycles. The summed E-state index contributed by atoms with van der Waals surface area (Å²) < 4.78 is 16.9. The molecule has 1 unspecified atom stereocenters. The number of carbonyl (C=O) groups is 1. The molecule has 0 fully saturated rings. The molecule has 8 heteroatoms. The predicted molar refractivity (Wildman–Crippen MR) is 115 cm³/mol. The number of fused-ring (bicyclic) bond motifs is 1. The van der Waals surface area contributed by atoms with Crippen molar-refractivity contribution in [3.63, 3.8) is 0 Å². The van der Waals surface area contributed by atoms with Crippen molar-refractivity contribution in [2.45, 2.75) is 46.4 Å². The minimum Gasteiger partial charge on any atom is -0.494 e. The molecular formula is C22H30N4O4. The first-order chi connectivity index (χ1) is 14.6. The average Bonchev–Trinajstić information content (AvgIpc) is 3.37. The number of nitrogens with one attached hydrogen (secondary N) is 3. The Morgan fingerprint density at radius 2 is 2.13 bits per heavy atom. The molecule has 162 valence electrons. The van der Waals surface area contributed by atoms with Crippen molar-refractivity contribution in [3.05, 3.63) is 47.4 Å². The molecule has 0 saturated heterocycles. The summed E-state index contributed by atoms with van der Waals surface area (Å²) in [4.78, 5) is 16.7. The molecule has 3 N–H and O–H groups in total. The molecule has 0 bridgehead atoms. The van der Waals surface area contributed by atoms with Crippen LogP contribution in [0.4, 0.5) is 0 Å². The minimum atomic E-state index is -0.146. The molecule has 8 nitrogen and oxygen atoms in total. The Labute approximate surface area is 177 Å². The van der Waals surface area contributed by atoms with Gasteiger partial charge in [0.1, 0.15) is 23.4 Å². The highest BCUT2D eigenvalue weighted by atomic mass is 16.5. The Hall–Kier alpha value is -3.16. The van der Waals surface area contributed by atoms with E-state index in [4.69, 9.17) is 13.9 Å². The maximum absolute atomic E-state index is 12.1. The lowest BCUT2D eigenvalue weighted by atomic mass is 10.1. The summed E-state index contributed by atoms with van der Waals surface area (Å²) >= 11 is 0. The van der Waals surface area contributed by atoms with E-state index >= 15 is 0 Å². The molecule has 1 amide bonds. The number of nitrogens with zero attached hydrogens (tertiary/aromatic N) is 1. The number of aliphatic imine (C=N–C) groups is 1. The van der Waals surface area contributed by atoms with Crippen LogP contribution in [0.1, 0.15) is 37.7 Å². The van der Waals surface area contributed by atoms with Gasteiger partial charge in [-0.2, -0.15) is 0 Å². The molecule has 0 radical (unpaired) electrons. The van der Waals surface area contributed by atoms with Crippen LogP contribution >= 0.6 is 0 Å². The maximum atomic E-state index is 12.1. The summed E-state index contributed by atoms with van der Waals surface area (Å²) in [6.07, 6.45) is 2.64. The highest BCUT2D eigenvalue weighted by Gasteiger charge is 2.21. The normalized spacial score (nSPS) is 15.3. The van der Waals surface area contributed by atoms with Crippen LogP contribution in [0.25, 0.3) is 0 Å². The quantitative estimate of drug-likeness (QED) is 0.431. The third-order valence-electron chi connectivity index (χ3n) is 4.59. The third-order valence-corrected chi connectivity index (χ3v) is 4.59. The Kier molecular flexibility index (Phi) is 7.59. The fourth-order valence-electron chi connectivity index (χ4n) is 3.23. The monoisotopic (exact) mass is 414 g/mol. The molecule has 30 heavy (non-hydrogen) atoms. The van der Waals surface area contributed by atoms with E-state index in [0.29, 0.717) is 38.0 Å². The van der Waals surface area contributed by atoms with Crippen molar-refractivity contribution < 1.29 is 18.7 Å². The highest BCUT2D eigenvalue weighted by molar-refractivity contribution is 5.86. The molecule has 2 aromatic rings. The molecule has 1 atom stereocenters. The largest absolute Gasteiger partial charge is 0.494 e. The molecule has 0 aliphatic carbocycles. The smallest absolute Gasteiger partial charge is 0.239 e. The summed E-state index contributed by atoms with van der Waals surface area (Å²) in [7, 11) is 0. The Balaban J connectivity index is 1.61.